The summed E-state index contributed by atoms with van der Waals surface area (Å²) in [5.74, 6) is 0.856. The van der Waals surface area contributed by atoms with Crippen molar-refractivity contribution in [2.45, 2.75) is 32.7 Å². The second-order valence-corrected chi connectivity index (χ2v) is 5.92. The van der Waals surface area contributed by atoms with Gasteiger partial charge in [0.2, 0.25) is 10.0 Å². The van der Waals surface area contributed by atoms with Crippen molar-refractivity contribution < 1.29 is 8.42 Å². The van der Waals surface area contributed by atoms with Gasteiger partial charge in [0.05, 0.1) is 6.26 Å². The van der Waals surface area contributed by atoms with Crippen LogP contribution < -0.4 is 4.72 Å². The maximum atomic E-state index is 11.0. The molecule has 0 amide bonds. The normalized spacial score (nSPS) is 35.6. The van der Waals surface area contributed by atoms with Gasteiger partial charge in [0, 0.05) is 5.54 Å². The van der Waals surface area contributed by atoms with Crippen LogP contribution in [0.25, 0.3) is 0 Å². The van der Waals surface area contributed by atoms with Crippen LogP contribution in [0, 0.1) is 11.8 Å². The Bertz CT molecular complexity index is 271. The fourth-order valence-electron chi connectivity index (χ4n) is 1.86. The molecule has 1 fully saturated rings. The largest absolute Gasteiger partial charge is 0.213 e. The van der Waals surface area contributed by atoms with E-state index in [2.05, 4.69) is 25.5 Å². The Kier molecular flexibility index (Phi) is 2.25. The lowest BCUT2D eigenvalue weighted by molar-refractivity contribution is 0.407. The maximum absolute atomic E-state index is 11.0. The van der Waals surface area contributed by atoms with Crippen LogP contribution in [0.1, 0.15) is 27.2 Å². The summed E-state index contributed by atoms with van der Waals surface area (Å²) in [5, 5.41) is 0. The van der Waals surface area contributed by atoms with Crippen LogP contribution in [0.4, 0.5) is 0 Å². The molecule has 0 aromatic rings. The summed E-state index contributed by atoms with van der Waals surface area (Å²) < 4.78 is 24.8. The SMILES string of the molecule is CC(C)C1(NS(C)(=O)=O)C[C@H]1C. The van der Waals surface area contributed by atoms with Crippen molar-refractivity contribution in [3.63, 3.8) is 0 Å². The van der Waals surface area contributed by atoms with E-state index in [0.29, 0.717) is 11.8 Å². The quantitative estimate of drug-likeness (QED) is 0.722. The van der Waals surface area contributed by atoms with Crippen LogP contribution in [0.15, 0.2) is 0 Å². The second-order valence-electron chi connectivity index (χ2n) is 4.17. The number of rotatable bonds is 3. The first-order chi connectivity index (χ1) is 5.28. The molecule has 1 saturated carbocycles. The minimum absolute atomic E-state index is 0.145. The molecule has 1 N–H and O–H groups in total. The molecule has 1 aliphatic rings. The van der Waals surface area contributed by atoms with Crippen LogP contribution in [0.2, 0.25) is 0 Å². The summed E-state index contributed by atoms with van der Waals surface area (Å²) in [4.78, 5) is 0. The highest BCUT2D eigenvalue weighted by Crippen LogP contribution is 2.48. The average Bonchev–Trinajstić information content (AvgIpc) is 2.38. The molecule has 4 heteroatoms. The van der Waals surface area contributed by atoms with Gasteiger partial charge < -0.3 is 0 Å². The molecule has 0 saturated heterocycles. The van der Waals surface area contributed by atoms with Gasteiger partial charge in [0.15, 0.2) is 0 Å². The van der Waals surface area contributed by atoms with Crippen molar-refractivity contribution in [1.29, 1.82) is 0 Å². The van der Waals surface area contributed by atoms with E-state index in [1.165, 1.54) is 6.26 Å². The van der Waals surface area contributed by atoms with Crippen LogP contribution in [-0.4, -0.2) is 20.2 Å². The molecule has 0 heterocycles. The third-order valence-corrected chi connectivity index (χ3v) is 3.52. The molecule has 0 radical (unpaired) electrons. The predicted molar refractivity (Wildman–Crippen MR) is 49.3 cm³/mol. The fourth-order valence-corrected chi connectivity index (χ4v) is 3.07. The third-order valence-electron chi connectivity index (χ3n) is 2.77. The molecular formula is C8H17NO2S. The van der Waals surface area contributed by atoms with E-state index in [-0.39, 0.29) is 5.54 Å². The molecule has 0 spiro atoms. The van der Waals surface area contributed by atoms with Crippen LogP contribution >= 0.6 is 0 Å². The van der Waals surface area contributed by atoms with E-state index in [1.807, 2.05) is 0 Å². The molecule has 0 bridgehead atoms. The highest BCUT2D eigenvalue weighted by molar-refractivity contribution is 7.88. The van der Waals surface area contributed by atoms with E-state index >= 15 is 0 Å². The molecule has 0 aromatic heterocycles. The molecule has 12 heavy (non-hydrogen) atoms. The highest BCUT2D eigenvalue weighted by atomic mass is 32.2. The molecule has 3 nitrogen and oxygen atoms in total. The van der Waals surface area contributed by atoms with E-state index in [0.717, 1.165) is 6.42 Å². The van der Waals surface area contributed by atoms with E-state index < -0.39 is 10.0 Å². The number of hydrogen-bond donors (Lipinski definition) is 1. The van der Waals surface area contributed by atoms with Gasteiger partial charge in [-0.15, -0.1) is 0 Å². The molecule has 1 aliphatic carbocycles. The van der Waals surface area contributed by atoms with Crippen molar-refractivity contribution in [2.75, 3.05) is 6.26 Å². The minimum atomic E-state index is -3.05. The molecule has 1 rings (SSSR count). The van der Waals surface area contributed by atoms with Gasteiger partial charge in [-0.2, -0.15) is 0 Å². The van der Waals surface area contributed by atoms with Gasteiger partial charge in [-0.05, 0) is 18.3 Å². The van der Waals surface area contributed by atoms with Crippen molar-refractivity contribution in [2.24, 2.45) is 11.8 Å². The minimum Gasteiger partial charge on any atom is -0.213 e. The maximum Gasteiger partial charge on any atom is 0.209 e. The standard InChI is InChI=1S/C8H17NO2S/c1-6(2)8(5-7(8)3)9-12(4,10)11/h6-7,9H,5H2,1-4H3/t7-,8?/m1/s1. The van der Waals surface area contributed by atoms with Gasteiger partial charge in [-0.25, -0.2) is 13.1 Å². The number of hydrogen-bond acceptors (Lipinski definition) is 2. The summed E-state index contributed by atoms with van der Waals surface area (Å²) in [6.45, 7) is 6.20. The molecular weight excluding hydrogens is 174 g/mol. The zero-order chi connectivity index (χ0) is 9.57. The lowest BCUT2D eigenvalue weighted by Gasteiger charge is -2.21. The summed E-state index contributed by atoms with van der Waals surface area (Å²) in [6.07, 6.45) is 2.19. The first kappa shape index (κ1) is 9.99. The van der Waals surface area contributed by atoms with Gasteiger partial charge >= 0.3 is 0 Å². The Labute approximate surface area is 74.6 Å². The Morgan fingerprint density at radius 1 is 1.50 bits per heavy atom. The van der Waals surface area contributed by atoms with Gasteiger partial charge in [0.1, 0.15) is 0 Å². The summed E-state index contributed by atoms with van der Waals surface area (Å²) in [7, 11) is -3.05. The average molecular weight is 191 g/mol. The van der Waals surface area contributed by atoms with Crippen molar-refractivity contribution >= 4 is 10.0 Å². The van der Waals surface area contributed by atoms with E-state index in [9.17, 15) is 8.42 Å². The molecule has 1 unspecified atom stereocenters. The predicted octanol–water partition coefficient (Wildman–Crippen LogP) is 0.970. The van der Waals surface area contributed by atoms with Gasteiger partial charge in [0.25, 0.3) is 0 Å². The first-order valence-corrected chi connectivity index (χ1v) is 6.16. The monoisotopic (exact) mass is 191 g/mol. The zero-order valence-corrected chi connectivity index (χ0v) is 8.90. The Balaban J connectivity index is 2.73. The second kappa shape index (κ2) is 2.70. The molecule has 72 valence electrons. The van der Waals surface area contributed by atoms with Crippen molar-refractivity contribution in [1.82, 2.24) is 4.72 Å². The summed E-state index contributed by atoms with van der Waals surface area (Å²) in [6, 6.07) is 0. The van der Waals surface area contributed by atoms with Crippen molar-refractivity contribution in [3.05, 3.63) is 0 Å². The topological polar surface area (TPSA) is 46.2 Å². The summed E-state index contributed by atoms with van der Waals surface area (Å²) >= 11 is 0. The van der Waals surface area contributed by atoms with Gasteiger partial charge in [-0.3, -0.25) is 0 Å². The lowest BCUT2D eigenvalue weighted by Crippen LogP contribution is -2.41. The number of nitrogens with one attached hydrogen (secondary N) is 1. The van der Waals surface area contributed by atoms with Crippen LogP contribution in [0.5, 0.6) is 0 Å². The Hall–Kier alpha value is -0.0900. The lowest BCUT2D eigenvalue weighted by atomic mass is 10.0. The first-order valence-electron chi connectivity index (χ1n) is 4.27. The highest BCUT2D eigenvalue weighted by Gasteiger charge is 2.54. The Morgan fingerprint density at radius 2 is 1.92 bits per heavy atom. The molecule has 0 aromatic carbocycles. The van der Waals surface area contributed by atoms with E-state index in [4.69, 9.17) is 0 Å². The molecule has 2 atom stereocenters. The van der Waals surface area contributed by atoms with Crippen LogP contribution in [0.3, 0.4) is 0 Å². The summed E-state index contributed by atoms with van der Waals surface area (Å²) in [5.41, 5.74) is -0.145. The fraction of sp³-hybridized carbons (Fsp3) is 1.00. The zero-order valence-electron chi connectivity index (χ0n) is 8.09. The van der Waals surface area contributed by atoms with Crippen LogP contribution in [-0.2, 0) is 10.0 Å². The van der Waals surface area contributed by atoms with E-state index in [1.54, 1.807) is 0 Å². The number of sulfonamides is 1. The van der Waals surface area contributed by atoms with Crippen molar-refractivity contribution in [3.8, 4) is 0 Å². The third kappa shape index (κ3) is 1.80. The molecule has 0 aliphatic heterocycles. The Morgan fingerprint density at radius 3 is 2.00 bits per heavy atom. The smallest absolute Gasteiger partial charge is 0.209 e. The van der Waals surface area contributed by atoms with Gasteiger partial charge in [-0.1, -0.05) is 20.8 Å².